The summed E-state index contributed by atoms with van der Waals surface area (Å²) < 4.78 is 0. The molecule has 0 atom stereocenters. The molecule has 3 N–H and O–H groups in total. The number of hydrogen-bond acceptors (Lipinski definition) is 1. The van der Waals surface area contributed by atoms with Crippen molar-refractivity contribution in [2.24, 2.45) is 0 Å². The second-order valence-corrected chi connectivity index (χ2v) is 1.78. The molecule has 9 heavy (non-hydrogen) atoms. The van der Waals surface area contributed by atoms with Crippen LogP contribution in [0.25, 0.3) is 0 Å². The summed E-state index contributed by atoms with van der Waals surface area (Å²) >= 11 is 0. The molecule has 0 radical (unpaired) electrons. The lowest BCUT2D eigenvalue weighted by Crippen LogP contribution is -1.80. The number of aliphatic hydroxyl groups excluding tert-OH is 1. The van der Waals surface area contributed by atoms with Crippen LogP contribution in [-0.4, -0.2) is 17.2 Å². The maximum Gasteiger partial charge on any atom is 0.0431 e. The van der Waals surface area contributed by atoms with Crippen LogP contribution in [0.4, 0.5) is 0 Å². The van der Waals surface area contributed by atoms with Crippen molar-refractivity contribution in [1.29, 1.82) is 0 Å². The van der Waals surface area contributed by atoms with E-state index in [0.29, 0.717) is 6.61 Å². The largest absolute Gasteiger partial charge is 0.412 e. The Morgan fingerprint density at radius 3 is 2.00 bits per heavy atom. The summed E-state index contributed by atoms with van der Waals surface area (Å²) in [5.41, 5.74) is 0. The van der Waals surface area contributed by atoms with Crippen molar-refractivity contribution in [2.45, 2.75) is 40.0 Å². The molecule has 60 valence electrons. The van der Waals surface area contributed by atoms with Crippen molar-refractivity contribution in [3.05, 3.63) is 0 Å². The molecule has 0 aliphatic heterocycles. The molecule has 2 nitrogen and oxygen atoms in total. The van der Waals surface area contributed by atoms with Gasteiger partial charge in [0.05, 0.1) is 0 Å². The van der Waals surface area contributed by atoms with Crippen LogP contribution in [-0.2, 0) is 0 Å². The Labute approximate surface area is 58.2 Å². The Kier molecular flexibility index (Phi) is 27.8. The first kappa shape index (κ1) is 16.0. The first-order valence-electron chi connectivity index (χ1n) is 3.02. The highest BCUT2D eigenvalue weighted by Gasteiger charge is 1.80. The molecule has 0 saturated carbocycles. The molecular weight excluding hydrogens is 116 g/mol. The molecule has 0 aromatic rings. The van der Waals surface area contributed by atoms with Gasteiger partial charge in [0.1, 0.15) is 0 Å². The van der Waals surface area contributed by atoms with Crippen molar-refractivity contribution < 1.29 is 10.6 Å². The molecule has 0 saturated heterocycles. The number of unbranched alkanes of at least 4 members (excludes halogenated alkanes) is 3. The van der Waals surface area contributed by atoms with Gasteiger partial charge in [0.15, 0.2) is 0 Å². The molecule has 0 bridgehead atoms. The van der Waals surface area contributed by atoms with E-state index in [1.165, 1.54) is 19.3 Å². The maximum atomic E-state index is 8.29. The third-order valence-corrected chi connectivity index (χ3v) is 1.01. The fourth-order valence-electron chi connectivity index (χ4n) is 0.539. The third kappa shape index (κ3) is 18.1. The van der Waals surface area contributed by atoms with Crippen LogP contribution in [0.1, 0.15) is 40.0 Å². The van der Waals surface area contributed by atoms with Crippen molar-refractivity contribution in [1.82, 2.24) is 0 Å². The molecule has 0 rings (SSSR count). The molecule has 0 fully saturated rings. The van der Waals surface area contributed by atoms with E-state index in [4.69, 9.17) is 5.11 Å². The molecule has 0 heterocycles. The van der Waals surface area contributed by atoms with Gasteiger partial charge in [-0.1, -0.05) is 33.6 Å². The van der Waals surface area contributed by atoms with Crippen LogP contribution >= 0.6 is 0 Å². The SMILES string of the molecule is C.CCCCCCO.O. The van der Waals surface area contributed by atoms with Crippen LogP contribution in [0.2, 0.25) is 0 Å². The van der Waals surface area contributed by atoms with Gasteiger partial charge in [0, 0.05) is 6.61 Å². The highest BCUT2D eigenvalue weighted by Crippen LogP contribution is 1.95. The van der Waals surface area contributed by atoms with E-state index in [2.05, 4.69) is 6.92 Å². The molecule has 2 heteroatoms. The summed E-state index contributed by atoms with van der Waals surface area (Å²) in [5.74, 6) is 0. The van der Waals surface area contributed by atoms with Crippen molar-refractivity contribution in [2.75, 3.05) is 6.61 Å². The maximum absolute atomic E-state index is 8.29. The van der Waals surface area contributed by atoms with Gasteiger partial charge in [-0.15, -0.1) is 0 Å². The van der Waals surface area contributed by atoms with Crippen molar-refractivity contribution in [3.8, 4) is 0 Å². The highest BCUT2D eigenvalue weighted by molar-refractivity contribution is 4.35. The van der Waals surface area contributed by atoms with E-state index in [9.17, 15) is 0 Å². The second kappa shape index (κ2) is 15.7. The molecular formula is C7H20O2. The number of aliphatic hydroxyl groups is 1. The quantitative estimate of drug-likeness (QED) is 0.583. The topological polar surface area (TPSA) is 51.7 Å². The summed E-state index contributed by atoms with van der Waals surface area (Å²) in [7, 11) is 0. The predicted molar refractivity (Wildman–Crippen MR) is 41.6 cm³/mol. The molecule has 0 aromatic carbocycles. The number of hydrogen-bond donors (Lipinski definition) is 1. The Hall–Kier alpha value is -0.0800. The van der Waals surface area contributed by atoms with Crippen LogP contribution in [0, 0.1) is 0 Å². The average molecular weight is 136 g/mol. The van der Waals surface area contributed by atoms with Gasteiger partial charge in [0.2, 0.25) is 0 Å². The minimum Gasteiger partial charge on any atom is -0.412 e. The Morgan fingerprint density at radius 2 is 1.67 bits per heavy atom. The van der Waals surface area contributed by atoms with E-state index in [1.807, 2.05) is 0 Å². The molecule has 0 spiro atoms. The summed E-state index contributed by atoms with van der Waals surface area (Å²) in [5, 5.41) is 8.29. The molecule has 0 amide bonds. The highest BCUT2D eigenvalue weighted by atomic mass is 16.2. The second-order valence-electron chi connectivity index (χ2n) is 1.78. The van der Waals surface area contributed by atoms with Gasteiger partial charge in [-0.2, -0.15) is 0 Å². The molecule has 0 aliphatic carbocycles. The lowest BCUT2D eigenvalue weighted by molar-refractivity contribution is 0.283. The normalized spacial score (nSPS) is 7.33. The molecule has 0 unspecified atom stereocenters. The van der Waals surface area contributed by atoms with E-state index >= 15 is 0 Å². The zero-order valence-corrected chi connectivity index (χ0v) is 5.48. The lowest BCUT2D eigenvalue weighted by atomic mass is 10.2. The summed E-state index contributed by atoms with van der Waals surface area (Å²) in [6.07, 6.45) is 4.68. The first-order valence-corrected chi connectivity index (χ1v) is 3.02. The van der Waals surface area contributed by atoms with Crippen molar-refractivity contribution in [3.63, 3.8) is 0 Å². The fourth-order valence-corrected chi connectivity index (χ4v) is 0.539. The van der Waals surface area contributed by atoms with Crippen LogP contribution in [0.5, 0.6) is 0 Å². The Morgan fingerprint density at radius 1 is 1.11 bits per heavy atom. The standard InChI is InChI=1S/C6H14O.CH4.H2O/c1-2-3-4-5-6-7;;/h7H,2-6H2,1H3;1H4;1H2. The summed E-state index contributed by atoms with van der Waals surface area (Å²) in [6.45, 7) is 2.53. The van der Waals surface area contributed by atoms with Gasteiger partial charge < -0.3 is 10.6 Å². The third-order valence-electron chi connectivity index (χ3n) is 1.01. The monoisotopic (exact) mass is 136 g/mol. The average Bonchev–Trinajstić information content (AvgIpc) is 1.69. The van der Waals surface area contributed by atoms with E-state index in [-0.39, 0.29) is 12.9 Å². The Bertz CT molecular complexity index is 26.1. The van der Waals surface area contributed by atoms with Gasteiger partial charge in [-0.05, 0) is 6.42 Å². The van der Waals surface area contributed by atoms with E-state index in [0.717, 1.165) is 6.42 Å². The molecule has 0 aliphatic rings. The van der Waals surface area contributed by atoms with Crippen LogP contribution in [0.3, 0.4) is 0 Å². The summed E-state index contributed by atoms with van der Waals surface area (Å²) in [4.78, 5) is 0. The van der Waals surface area contributed by atoms with Crippen molar-refractivity contribution >= 4 is 0 Å². The van der Waals surface area contributed by atoms with E-state index in [1.54, 1.807) is 0 Å². The molecule has 0 aromatic heterocycles. The summed E-state index contributed by atoms with van der Waals surface area (Å²) in [6, 6.07) is 0. The number of rotatable bonds is 4. The van der Waals surface area contributed by atoms with Gasteiger partial charge in [-0.3, -0.25) is 0 Å². The first-order chi connectivity index (χ1) is 3.41. The van der Waals surface area contributed by atoms with Gasteiger partial charge in [0.25, 0.3) is 0 Å². The minimum atomic E-state index is 0. The predicted octanol–water partition coefficient (Wildman–Crippen LogP) is 1.37. The Balaban J connectivity index is -0.000000180. The zero-order chi connectivity index (χ0) is 5.54. The zero-order valence-electron chi connectivity index (χ0n) is 5.48. The fraction of sp³-hybridized carbons (Fsp3) is 1.00. The lowest BCUT2D eigenvalue weighted by Gasteiger charge is -1.90. The smallest absolute Gasteiger partial charge is 0.0431 e. The van der Waals surface area contributed by atoms with Gasteiger partial charge >= 0.3 is 0 Å². The van der Waals surface area contributed by atoms with Gasteiger partial charge in [-0.25, -0.2) is 0 Å². The minimum absolute atomic E-state index is 0. The van der Waals surface area contributed by atoms with E-state index < -0.39 is 0 Å². The van der Waals surface area contributed by atoms with Crippen LogP contribution < -0.4 is 0 Å². The van der Waals surface area contributed by atoms with Crippen LogP contribution in [0.15, 0.2) is 0 Å².